The molecular formula is C18H15ClN2O5S. The van der Waals surface area contributed by atoms with Crippen LogP contribution in [0.1, 0.15) is 35.0 Å². The topological polar surface area (TPSA) is 102 Å². The highest BCUT2D eigenvalue weighted by atomic mass is 35.5. The summed E-state index contributed by atoms with van der Waals surface area (Å²) >= 11 is 5.99. The molecule has 2 fully saturated rings. The molecule has 140 valence electrons. The first-order chi connectivity index (χ1) is 12.7. The Bertz CT molecular complexity index is 1200. The number of furan rings is 1. The number of carbonyl (C=O) groups is 1. The molecule has 9 heteroatoms. The SMILES string of the molecule is CS(=O)(=O)Cc1ccc(C(=O)NC23CC2(c2nc4cc(Cl)ccc4o2)C3)o1. The molecule has 0 aliphatic heterocycles. The second-order valence-corrected chi connectivity index (χ2v) is 10.0. The van der Waals surface area contributed by atoms with E-state index in [0.717, 1.165) is 19.1 Å². The molecule has 7 nitrogen and oxygen atoms in total. The number of hydrogen-bond acceptors (Lipinski definition) is 6. The van der Waals surface area contributed by atoms with Crippen LogP contribution in [-0.2, 0) is 21.0 Å². The molecule has 2 aromatic heterocycles. The molecule has 1 N–H and O–H groups in total. The van der Waals surface area contributed by atoms with Crippen LogP contribution in [0.4, 0.5) is 0 Å². The van der Waals surface area contributed by atoms with Crippen molar-refractivity contribution >= 4 is 38.4 Å². The molecule has 0 radical (unpaired) electrons. The van der Waals surface area contributed by atoms with E-state index in [0.29, 0.717) is 22.0 Å². The van der Waals surface area contributed by atoms with Gasteiger partial charge in [0.15, 0.2) is 21.2 Å². The minimum Gasteiger partial charge on any atom is -0.455 e. The van der Waals surface area contributed by atoms with Gasteiger partial charge >= 0.3 is 0 Å². The minimum atomic E-state index is -3.22. The Morgan fingerprint density at radius 3 is 2.78 bits per heavy atom. The molecule has 2 aliphatic carbocycles. The van der Waals surface area contributed by atoms with Crippen molar-refractivity contribution in [2.75, 3.05) is 6.26 Å². The average molecular weight is 407 g/mol. The summed E-state index contributed by atoms with van der Waals surface area (Å²) in [5.41, 5.74) is 0.733. The van der Waals surface area contributed by atoms with Crippen molar-refractivity contribution in [2.45, 2.75) is 29.5 Å². The van der Waals surface area contributed by atoms with E-state index >= 15 is 0 Å². The lowest BCUT2D eigenvalue weighted by Crippen LogP contribution is -2.30. The van der Waals surface area contributed by atoms with Gasteiger partial charge in [-0.05, 0) is 43.2 Å². The Labute approximate surface area is 159 Å². The maximum atomic E-state index is 12.5. The standard InChI is InChI=1S/C18H15ClN2O5S/c1-27(23,24)7-11-3-5-14(25-11)15(22)21-18-8-17(18,9-18)16-20-12-6-10(19)2-4-13(12)26-16/h2-6H,7-9H2,1H3,(H,21,22). The van der Waals surface area contributed by atoms with Gasteiger partial charge in [-0.15, -0.1) is 0 Å². The fourth-order valence-electron chi connectivity index (χ4n) is 3.67. The maximum Gasteiger partial charge on any atom is 0.287 e. The molecule has 27 heavy (non-hydrogen) atoms. The zero-order valence-electron chi connectivity index (χ0n) is 14.3. The lowest BCUT2D eigenvalue weighted by molar-refractivity contribution is 0.0912. The van der Waals surface area contributed by atoms with E-state index in [1.807, 2.05) is 0 Å². The fraction of sp³-hybridized carbons (Fsp3) is 0.333. The quantitative estimate of drug-likeness (QED) is 0.698. The van der Waals surface area contributed by atoms with Gasteiger partial charge in [-0.25, -0.2) is 13.4 Å². The van der Waals surface area contributed by atoms with E-state index in [1.54, 1.807) is 18.2 Å². The van der Waals surface area contributed by atoms with Gasteiger partial charge in [0, 0.05) is 11.3 Å². The average Bonchev–Trinajstić information content (AvgIpc) is 3.13. The number of benzene rings is 1. The highest BCUT2D eigenvalue weighted by Crippen LogP contribution is 2.78. The van der Waals surface area contributed by atoms with Gasteiger partial charge < -0.3 is 14.2 Å². The van der Waals surface area contributed by atoms with Crippen molar-refractivity contribution < 1.29 is 22.0 Å². The van der Waals surface area contributed by atoms with Crippen LogP contribution in [0.15, 0.2) is 39.2 Å². The molecule has 5 rings (SSSR count). The molecule has 2 saturated carbocycles. The number of aromatic nitrogens is 1. The van der Waals surface area contributed by atoms with E-state index in [1.165, 1.54) is 12.1 Å². The third-order valence-electron chi connectivity index (χ3n) is 5.27. The van der Waals surface area contributed by atoms with E-state index in [4.69, 9.17) is 20.4 Å². The minimum absolute atomic E-state index is 0.0973. The van der Waals surface area contributed by atoms with Gasteiger partial charge in [-0.2, -0.15) is 0 Å². The third kappa shape index (κ3) is 2.66. The zero-order chi connectivity index (χ0) is 19.0. The van der Waals surface area contributed by atoms with Crippen LogP contribution in [0.2, 0.25) is 5.02 Å². The van der Waals surface area contributed by atoms with Crippen molar-refractivity contribution in [3.05, 3.63) is 52.8 Å². The van der Waals surface area contributed by atoms with Gasteiger partial charge in [0.05, 0.1) is 11.0 Å². The number of hydrogen-bond donors (Lipinski definition) is 1. The summed E-state index contributed by atoms with van der Waals surface area (Å²) < 4.78 is 33.9. The summed E-state index contributed by atoms with van der Waals surface area (Å²) in [4.78, 5) is 17.0. The number of halogens is 1. The monoisotopic (exact) mass is 406 g/mol. The van der Waals surface area contributed by atoms with Crippen molar-refractivity contribution in [3.63, 3.8) is 0 Å². The van der Waals surface area contributed by atoms with Crippen LogP contribution in [0, 0.1) is 0 Å². The summed E-state index contributed by atoms with van der Waals surface area (Å²) in [6.07, 6.45) is 2.62. The lowest BCUT2D eigenvalue weighted by Gasteiger charge is -2.04. The normalized spacial score (nSPS) is 26.0. The number of rotatable bonds is 5. The molecule has 0 atom stereocenters. The van der Waals surface area contributed by atoms with Crippen LogP contribution < -0.4 is 5.32 Å². The molecule has 3 aromatic rings. The third-order valence-corrected chi connectivity index (χ3v) is 6.32. The first-order valence-electron chi connectivity index (χ1n) is 8.35. The molecule has 0 saturated heterocycles. The lowest BCUT2D eigenvalue weighted by atomic mass is 10.2. The first kappa shape index (κ1) is 16.8. The van der Waals surface area contributed by atoms with Crippen LogP contribution in [0.25, 0.3) is 11.1 Å². The smallest absolute Gasteiger partial charge is 0.287 e. The van der Waals surface area contributed by atoms with E-state index in [-0.39, 0.29) is 34.1 Å². The summed E-state index contributed by atoms with van der Waals surface area (Å²) in [5, 5.41) is 3.58. The highest BCUT2D eigenvalue weighted by Gasteiger charge is 2.87. The van der Waals surface area contributed by atoms with Gasteiger partial charge in [0.2, 0.25) is 5.89 Å². The van der Waals surface area contributed by atoms with Crippen molar-refractivity contribution in [3.8, 4) is 0 Å². The maximum absolute atomic E-state index is 12.5. The second kappa shape index (κ2) is 5.14. The number of carbonyl (C=O) groups excluding carboxylic acids is 1. The van der Waals surface area contributed by atoms with Gasteiger partial charge in [0.25, 0.3) is 5.91 Å². The number of nitrogens with zero attached hydrogens (tertiary/aromatic N) is 1. The number of sulfone groups is 1. The van der Waals surface area contributed by atoms with Crippen molar-refractivity contribution in [1.29, 1.82) is 0 Å². The second-order valence-electron chi connectivity index (χ2n) is 7.44. The Morgan fingerprint density at radius 1 is 1.26 bits per heavy atom. The first-order valence-corrected chi connectivity index (χ1v) is 10.8. The fourth-order valence-corrected chi connectivity index (χ4v) is 4.51. The van der Waals surface area contributed by atoms with E-state index in [2.05, 4.69) is 10.3 Å². The summed E-state index contributed by atoms with van der Waals surface area (Å²) in [5.74, 6) is 0.348. The molecule has 0 unspecified atom stereocenters. The van der Waals surface area contributed by atoms with E-state index < -0.39 is 9.84 Å². The molecule has 0 spiro atoms. The number of fused-ring (bicyclic) bond motifs is 2. The van der Waals surface area contributed by atoms with Crippen LogP contribution in [0.3, 0.4) is 0 Å². The Balaban J connectivity index is 1.32. The predicted octanol–water partition coefficient (Wildman–Crippen LogP) is 2.83. The summed E-state index contributed by atoms with van der Waals surface area (Å²) in [6.45, 7) is 0. The zero-order valence-corrected chi connectivity index (χ0v) is 15.9. The highest BCUT2D eigenvalue weighted by molar-refractivity contribution is 7.89. The van der Waals surface area contributed by atoms with Gasteiger partial charge in [-0.1, -0.05) is 11.6 Å². The van der Waals surface area contributed by atoms with E-state index in [9.17, 15) is 13.2 Å². The number of amides is 1. The largest absolute Gasteiger partial charge is 0.455 e. The Hall–Kier alpha value is -2.32. The van der Waals surface area contributed by atoms with Crippen molar-refractivity contribution in [1.82, 2.24) is 10.3 Å². The number of nitrogens with one attached hydrogen (secondary N) is 1. The predicted molar refractivity (Wildman–Crippen MR) is 97.4 cm³/mol. The van der Waals surface area contributed by atoms with Crippen molar-refractivity contribution in [2.24, 2.45) is 0 Å². The van der Waals surface area contributed by atoms with Gasteiger partial charge in [-0.3, -0.25) is 4.79 Å². The molecule has 1 amide bonds. The van der Waals surface area contributed by atoms with Gasteiger partial charge in [0.1, 0.15) is 17.0 Å². The molecule has 1 aromatic carbocycles. The molecule has 2 heterocycles. The molecule has 0 bridgehead atoms. The Morgan fingerprint density at radius 2 is 2.04 bits per heavy atom. The summed E-state index contributed by atoms with van der Waals surface area (Å²) in [6, 6.07) is 8.27. The molecule has 2 aliphatic rings. The Kier molecular flexibility index (Phi) is 3.20. The van der Waals surface area contributed by atoms with Crippen LogP contribution >= 0.6 is 11.6 Å². The summed E-state index contributed by atoms with van der Waals surface area (Å²) in [7, 11) is -3.22. The molecular weight excluding hydrogens is 392 g/mol. The van der Waals surface area contributed by atoms with Crippen LogP contribution in [0.5, 0.6) is 0 Å². The van der Waals surface area contributed by atoms with Crippen LogP contribution in [-0.4, -0.2) is 31.1 Å². The number of oxazole rings is 1.